The van der Waals surface area contributed by atoms with Gasteiger partial charge in [0, 0.05) is 12.5 Å². The van der Waals surface area contributed by atoms with Crippen molar-refractivity contribution in [3.8, 4) is 5.75 Å². The number of nitrogens with one attached hydrogen (secondary N) is 1. The number of methoxy groups -OCH3 is 1. The zero-order valence-corrected chi connectivity index (χ0v) is 14.2. The third-order valence-electron chi connectivity index (χ3n) is 4.79. The Morgan fingerprint density at radius 2 is 2.09 bits per heavy atom. The van der Waals surface area contributed by atoms with Gasteiger partial charge in [0.2, 0.25) is 5.91 Å². The van der Waals surface area contributed by atoms with Crippen molar-refractivity contribution in [2.75, 3.05) is 7.11 Å². The fourth-order valence-electron chi connectivity index (χ4n) is 3.36. The second-order valence-corrected chi connectivity index (χ2v) is 6.59. The molecule has 1 aliphatic carbocycles. The fourth-order valence-corrected chi connectivity index (χ4v) is 3.36. The second kappa shape index (κ2) is 8.21. The van der Waals surface area contributed by atoms with Crippen LogP contribution in [0.15, 0.2) is 18.2 Å². The van der Waals surface area contributed by atoms with Crippen molar-refractivity contribution in [2.24, 2.45) is 5.92 Å². The molecule has 1 amide bonds. The zero-order valence-electron chi connectivity index (χ0n) is 14.2. The molecule has 1 aliphatic rings. The van der Waals surface area contributed by atoms with E-state index in [1.165, 1.54) is 24.8 Å². The minimum absolute atomic E-state index is 0.212. The molecule has 0 spiro atoms. The van der Waals surface area contributed by atoms with Crippen molar-refractivity contribution in [1.82, 2.24) is 5.32 Å². The average Bonchev–Trinajstić information content (AvgIpc) is 2.50. The van der Waals surface area contributed by atoms with Crippen molar-refractivity contribution in [3.05, 3.63) is 29.3 Å². The fraction of sp³-hybridized carbons (Fsp3) is 0.632. The molecule has 0 aromatic heterocycles. The lowest BCUT2D eigenvalue weighted by atomic mass is 9.86. The normalized spacial score (nSPS) is 21.4. The summed E-state index contributed by atoms with van der Waals surface area (Å²) in [4.78, 5) is 12.1. The smallest absolute Gasteiger partial charge is 0.220 e. The van der Waals surface area contributed by atoms with E-state index in [9.17, 15) is 4.79 Å². The lowest BCUT2D eigenvalue weighted by Gasteiger charge is -2.29. The predicted molar refractivity (Wildman–Crippen MR) is 90.2 cm³/mol. The number of hydrogen-bond acceptors (Lipinski definition) is 2. The van der Waals surface area contributed by atoms with Gasteiger partial charge in [-0.1, -0.05) is 31.9 Å². The van der Waals surface area contributed by atoms with Gasteiger partial charge in [-0.05, 0) is 55.7 Å². The number of hydrogen-bond donors (Lipinski definition) is 1. The van der Waals surface area contributed by atoms with Gasteiger partial charge in [-0.25, -0.2) is 0 Å². The van der Waals surface area contributed by atoms with Gasteiger partial charge in [0.05, 0.1) is 7.11 Å². The molecule has 0 aliphatic heterocycles. The highest BCUT2D eigenvalue weighted by Gasteiger charge is 2.22. The van der Waals surface area contributed by atoms with Crippen LogP contribution in [0.2, 0.25) is 0 Å². The Bertz CT molecular complexity index is 498. The average molecular weight is 303 g/mol. The summed E-state index contributed by atoms with van der Waals surface area (Å²) in [5.41, 5.74) is 2.43. The number of ether oxygens (including phenoxy) is 1. The van der Waals surface area contributed by atoms with E-state index in [2.05, 4.69) is 31.3 Å². The molecule has 1 fully saturated rings. The molecule has 1 N–H and O–H groups in total. The molecule has 1 aromatic rings. The Kier molecular flexibility index (Phi) is 6.29. The first-order valence-electron chi connectivity index (χ1n) is 8.53. The molecular formula is C19H29NO2. The van der Waals surface area contributed by atoms with Crippen molar-refractivity contribution in [1.29, 1.82) is 0 Å². The summed E-state index contributed by atoms with van der Waals surface area (Å²) < 4.78 is 5.27. The molecule has 1 saturated carbocycles. The van der Waals surface area contributed by atoms with Crippen LogP contribution in [-0.4, -0.2) is 19.1 Å². The standard InChI is InChI=1S/C19H29NO2/c1-14-7-4-5-9-17(14)20-19(21)10-6-8-16-11-12-18(22-3)15(2)13-16/h11-14,17H,4-10H2,1-3H3,(H,20,21)/t14-,17+/m1/s1. The molecule has 0 radical (unpaired) electrons. The molecule has 3 heteroatoms. The Balaban J connectivity index is 1.73. The topological polar surface area (TPSA) is 38.3 Å². The van der Waals surface area contributed by atoms with Crippen molar-refractivity contribution >= 4 is 5.91 Å². The van der Waals surface area contributed by atoms with Crippen LogP contribution < -0.4 is 10.1 Å². The summed E-state index contributed by atoms with van der Waals surface area (Å²) in [5, 5.41) is 3.23. The Morgan fingerprint density at radius 1 is 1.32 bits per heavy atom. The summed E-state index contributed by atoms with van der Waals surface area (Å²) in [6.45, 7) is 4.31. The van der Waals surface area contributed by atoms with Crippen LogP contribution in [0, 0.1) is 12.8 Å². The molecule has 2 atom stereocenters. The largest absolute Gasteiger partial charge is 0.496 e. The number of rotatable bonds is 6. The first kappa shape index (κ1) is 16.9. The maximum Gasteiger partial charge on any atom is 0.220 e. The summed E-state index contributed by atoms with van der Waals surface area (Å²) in [5.74, 6) is 1.76. The van der Waals surface area contributed by atoms with Gasteiger partial charge in [-0.15, -0.1) is 0 Å². The van der Waals surface area contributed by atoms with Gasteiger partial charge in [-0.3, -0.25) is 4.79 Å². The highest BCUT2D eigenvalue weighted by Crippen LogP contribution is 2.24. The molecule has 0 bridgehead atoms. The third-order valence-corrected chi connectivity index (χ3v) is 4.79. The number of benzene rings is 1. The number of amides is 1. The lowest BCUT2D eigenvalue weighted by Crippen LogP contribution is -2.40. The zero-order chi connectivity index (χ0) is 15.9. The number of aryl methyl sites for hydroxylation is 2. The molecule has 0 saturated heterocycles. The number of carbonyl (C=O) groups excluding carboxylic acids is 1. The summed E-state index contributed by atoms with van der Waals surface area (Å²) >= 11 is 0. The molecule has 3 nitrogen and oxygen atoms in total. The van der Waals surface area contributed by atoms with Crippen molar-refractivity contribution in [2.45, 2.75) is 64.8 Å². The third kappa shape index (κ3) is 4.75. The SMILES string of the molecule is COc1ccc(CCCC(=O)N[C@H]2CCCC[C@H]2C)cc1C. The van der Waals surface area contributed by atoms with Gasteiger partial charge >= 0.3 is 0 Å². The molecule has 2 rings (SSSR count). The monoisotopic (exact) mass is 303 g/mol. The first-order valence-corrected chi connectivity index (χ1v) is 8.53. The van der Waals surface area contributed by atoms with Gasteiger partial charge < -0.3 is 10.1 Å². The van der Waals surface area contributed by atoms with E-state index in [1.54, 1.807) is 7.11 Å². The molecule has 0 heterocycles. The van der Waals surface area contributed by atoms with Crippen LogP contribution in [0.3, 0.4) is 0 Å². The van der Waals surface area contributed by atoms with E-state index in [0.717, 1.165) is 30.6 Å². The summed E-state index contributed by atoms with van der Waals surface area (Å²) in [7, 11) is 1.69. The van der Waals surface area contributed by atoms with E-state index < -0.39 is 0 Å². The van der Waals surface area contributed by atoms with Gasteiger partial charge in [0.25, 0.3) is 0 Å². The van der Waals surface area contributed by atoms with E-state index in [-0.39, 0.29) is 5.91 Å². The number of carbonyl (C=O) groups is 1. The van der Waals surface area contributed by atoms with E-state index >= 15 is 0 Å². The molecule has 0 unspecified atom stereocenters. The first-order chi connectivity index (χ1) is 10.6. The van der Waals surface area contributed by atoms with Crippen LogP contribution in [0.1, 0.15) is 56.6 Å². The van der Waals surface area contributed by atoms with Crippen LogP contribution in [0.25, 0.3) is 0 Å². The quantitative estimate of drug-likeness (QED) is 0.862. The maximum absolute atomic E-state index is 12.1. The van der Waals surface area contributed by atoms with Gasteiger partial charge in [-0.2, -0.15) is 0 Å². The minimum atomic E-state index is 0.212. The van der Waals surface area contributed by atoms with Crippen LogP contribution in [-0.2, 0) is 11.2 Å². The van der Waals surface area contributed by atoms with Crippen molar-refractivity contribution in [3.63, 3.8) is 0 Å². The van der Waals surface area contributed by atoms with Crippen molar-refractivity contribution < 1.29 is 9.53 Å². The van der Waals surface area contributed by atoms with Gasteiger partial charge in [0.15, 0.2) is 0 Å². The Labute approximate surface area is 134 Å². The van der Waals surface area contributed by atoms with E-state index in [0.29, 0.717) is 18.4 Å². The second-order valence-electron chi connectivity index (χ2n) is 6.59. The Hall–Kier alpha value is -1.51. The highest BCUT2D eigenvalue weighted by atomic mass is 16.5. The maximum atomic E-state index is 12.1. The molecule has 1 aromatic carbocycles. The van der Waals surface area contributed by atoms with Crippen LogP contribution in [0.4, 0.5) is 0 Å². The van der Waals surface area contributed by atoms with Crippen LogP contribution in [0.5, 0.6) is 5.75 Å². The van der Waals surface area contributed by atoms with E-state index in [1.807, 2.05) is 6.07 Å². The Morgan fingerprint density at radius 3 is 2.77 bits per heavy atom. The van der Waals surface area contributed by atoms with E-state index in [4.69, 9.17) is 4.74 Å². The summed E-state index contributed by atoms with van der Waals surface area (Å²) in [6.07, 6.45) is 7.41. The summed E-state index contributed by atoms with van der Waals surface area (Å²) in [6, 6.07) is 6.64. The molecule has 22 heavy (non-hydrogen) atoms. The molecular weight excluding hydrogens is 274 g/mol. The highest BCUT2D eigenvalue weighted by molar-refractivity contribution is 5.76. The lowest BCUT2D eigenvalue weighted by molar-refractivity contribution is -0.122. The van der Waals surface area contributed by atoms with Gasteiger partial charge in [0.1, 0.15) is 5.75 Å². The minimum Gasteiger partial charge on any atom is -0.496 e. The predicted octanol–water partition coefficient (Wildman–Crippen LogP) is 4.02. The molecule has 122 valence electrons. The van der Waals surface area contributed by atoms with Crippen LogP contribution >= 0.6 is 0 Å².